The lowest BCUT2D eigenvalue weighted by Crippen LogP contribution is -2.51. The van der Waals surface area contributed by atoms with Gasteiger partial charge in [0.2, 0.25) is 0 Å². The summed E-state index contributed by atoms with van der Waals surface area (Å²) in [4.78, 5) is 16.9. The third kappa shape index (κ3) is 3.59. The van der Waals surface area contributed by atoms with E-state index in [4.69, 9.17) is 0 Å². The molecule has 1 heterocycles. The number of halogens is 3. The number of hydrogen-bond donors (Lipinski definition) is 0. The SMILES string of the molecule is CN(C)C(=O)N1CCN(c2cccc(C(F)(F)F)c2)CC1. The monoisotopic (exact) mass is 301 g/mol. The van der Waals surface area contributed by atoms with Gasteiger partial charge in [-0.3, -0.25) is 0 Å². The highest BCUT2D eigenvalue weighted by Crippen LogP contribution is 2.31. The first kappa shape index (κ1) is 15.5. The van der Waals surface area contributed by atoms with Crippen LogP contribution in [-0.2, 0) is 6.18 Å². The zero-order valence-electron chi connectivity index (χ0n) is 12.0. The largest absolute Gasteiger partial charge is 0.416 e. The van der Waals surface area contributed by atoms with Crippen molar-refractivity contribution in [2.24, 2.45) is 0 Å². The summed E-state index contributed by atoms with van der Waals surface area (Å²) in [5.41, 5.74) is -0.103. The Morgan fingerprint density at radius 1 is 1.14 bits per heavy atom. The number of urea groups is 1. The standard InChI is InChI=1S/C14H18F3N3O/c1-18(2)13(21)20-8-6-19(7-9-20)12-5-3-4-11(10-12)14(15,16)17/h3-5,10H,6-9H2,1-2H3. The highest BCUT2D eigenvalue weighted by atomic mass is 19.4. The number of alkyl halides is 3. The van der Waals surface area contributed by atoms with Crippen molar-refractivity contribution >= 4 is 11.7 Å². The summed E-state index contributed by atoms with van der Waals surface area (Å²) in [5.74, 6) is 0. The second-order valence-corrected chi connectivity index (χ2v) is 5.20. The van der Waals surface area contributed by atoms with Gasteiger partial charge in [0, 0.05) is 46.0 Å². The number of hydrogen-bond acceptors (Lipinski definition) is 2. The molecule has 2 rings (SSSR count). The number of anilines is 1. The van der Waals surface area contributed by atoms with Gasteiger partial charge in [0.25, 0.3) is 0 Å². The Labute approximate surface area is 121 Å². The van der Waals surface area contributed by atoms with E-state index in [9.17, 15) is 18.0 Å². The highest BCUT2D eigenvalue weighted by molar-refractivity contribution is 5.74. The van der Waals surface area contributed by atoms with Crippen LogP contribution in [0.5, 0.6) is 0 Å². The molecule has 2 amide bonds. The van der Waals surface area contributed by atoms with Gasteiger partial charge in [-0.15, -0.1) is 0 Å². The van der Waals surface area contributed by atoms with E-state index >= 15 is 0 Å². The summed E-state index contributed by atoms with van der Waals surface area (Å²) >= 11 is 0. The molecule has 0 aliphatic carbocycles. The van der Waals surface area contributed by atoms with Crippen molar-refractivity contribution in [2.75, 3.05) is 45.2 Å². The second-order valence-electron chi connectivity index (χ2n) is 5.20. The Hall–Kier alpha value is -1.92. The van der Waals surface area contributed by atoms with Crippen LogP contribution < -0.4 is 4.90 Å². The summed E-state index contributed by atoms with van der Waals surface area (Å²) in [5, 5.41) is 0. The molecule has 1 aliphatic heterocycles. The maximum Gasteiger partial charge on any atom is 0.416 e. The molecule has 1 aliphatic rings. The summed E-state index contributed by atoms with van der Waals surface area (Å²) < 4.78 is 38.1. The molecular formula is C14H18F3N3O. The molecule has 0 atom stereocenters. The fourth-order valence-corrected chi connectivity index (χ4v) is 2.32. The minimum atomic E-state index is -4.33. The summed E-state index contributed by atoms with van der Waals surface area (Å²) in [7, 11) is 3.36. The lowest BCUT2D eigenvalue weighted by Gasteiger charge is -2.37. The summed E-state index contributed by atoms with van der Waals surface area (Å²) in [6.45, 7) is 2.07. The minimum absolute atomic E-state index is 0.0707. The number of carbonyl (C=O) groups excluding carboxylic acids is 1. The lowest BCUT2D eigenvalue weighted by molar-refractivity contribution is -0.137. The molecule has 1 aromatic rings. The zero-order chi connectivity index (χ0) is 15.6. The van der Waals surface area contributed by atoms with Crippen LogP contribution in [0.25, 0.3) is 0 Å². The molecule has 0 spiro atoms. The molecular weight excluding hydrogens is 283 g/mol. The van der Waals surface area contributed by atoms with Gasteiger partial charge in [0.05, 0.1) is 5.56 Å². The highest BCUT2D eigenvalue weighted by Gasteiger charge is 2.31. The first-order valence-electron chi connectivity index (χ1n) is 6.67. The fraction of sp³-hybridized carbons (Fsp3) is 0.500. The molecule has 0 N–H and O–H groups in total. The van der Waals surface area contributed by atoms with Crippen molar-refractivity contribution in [2.45, 2.75) is 6.18 Å². The number of amides is 2. The van der Waals surface area contributed by atoms with Gasteiger partial charge < -0.3 is 14.7 Å². The van der Waals surface area contributed by atoms with Crippen molar-refractivity contribution in [1.82, 2.24) is 9.80 Å². The second kappa shape index (κ2) is 5.83. The Morgan fingerprint density at radius 3 is 2.29 bits per heavy atom. The van der Waals surface area contributed by atoms with Crippen molar-refractivity contribution < 1.29 is 18.0 Å². The van der Waals surface area contributed by atoms with Crippen LogP contribution in [0.2, 0.25) is 0 Å². The van der Waals surface area contributed by atoms with Crippen LogP contribution in [0.3, 0.4) is 0 Å². The maximum atomic E-state index is 12.7. The molecule has 0 aromatic heterocycles. The molecule has 0 radical (unpaired) electrons. The molecule has 1 saturated heterocycles. The molecule has 0 bridgehead atoms. The number of piperazine rings is 1. The van der Waals surface area contributed by atoms with Crippen LogP contribution >= 0.6 is 0 Å². The van der Waals surface area contributed by atoms with Gasteiger partial charge in [-0.25, -0.2) is 4.79 Å². The van der Waals surface area contributed by atoms with E-state index in [-0.39, 0.29) is 6.03 Å². The van der Waals surface area contributed by atoms with E-state index in [1.165, 1.54) is 11.0 Å². The normalized spacial score (nSPS) is 16.0. The van der Waals surface area contributed by atoms with Crippen molar-refractivity contribution in [3.63, 3.8) is 0 Å². The Balaban J connectivity index is 2.04. The van der Waals surface area contributed by atoms with Crippen molar-refractivity contribution in [3.8, 4) is 0 Å². The van der Waals surface area contributed by atoms with Gasteiger partial charge >= 0.3 is 12.2 Å². The van der Waals surface area contributed by atoms with E-state index < -0.39 is 11.7 Å². The van der Waals surface area contributed by atoms with E-state index in [2.05, 4.69) is 0 Å². The molecule has 1 fully saturated rings. The quantitative estimate of drug-likeness (QED) is 0.797. The minimum Gasteiger partial charge on any atom is -0.368 e. The Kier molecular flexibility index (Phi) is 4.29. The maximum absolute atomic E-state index is 12.7. The number of rotatable bonds is 1. The first-order valence-corrected chi connectivity index (χ1v) is 6.67. The lowest BCUT2D eigenvalue weighted by atomic mass is 10.1. The van der Waals surface area contributed by atoms with Crippen molar-refractivity contribution in [3.05, 3.63) is 29.8 Å². The Morgan fingerprint density at radius 2 is 1.76 bits per heavy atom. The molecule has 0 unspecified atom stereocenters. The Bertz CT molecular complexity index is 508. The summed E-state index contributed by atoms with van der Waals surface area (Å²) in [6, 6.07) is 5.23. The van der Waals surface area contributed by atoms with Gasteiger partial charge in [-0.1, -0.05) is 6.07 Å². The molecule has 1 aromatic carbocycles. The topological polar surface area (TPSA) is 26.8 Å². The smallest absolute Gasteiger partial charge is 0.368 e. The van der Waals surface area contributed by atoms with Gasteiger partial charge in [-0.2, -0.15) is 13.2 Å². The first-order chi connectivity index (χ1) is 9.79. The number of benzene rings is 1. The molecule has 21 heavy (non-hydrogen) atoms. The number of nitrogens with zero attached hydrogens (tertiary/aromatic N) is 3. The number of carbonyl (C=O) groups is 1. The van der Waals surface area contributed by atoms with Gasteiger partial charge in [0.15, 0.2) is 0 Å². The predicted molar refractivity (Wildman–Crippen MR) is 74.3 cm³/mol. The van der Waals surface area contributed by atoms with E-state index in [1.54, 1.807) is 25.1 Å². The van der Waals surface area contributed by atoms with Crippen LogP contribution in [0.4, 0.5) is 23.7 Å². The summed E-state index contributed by atoms with van der Waals surface area (Å²) in [6.07, 6.45) is -4.33. The van der Waals surface area contributed by atoms with Gasteiger partial charge in [-0.05, 0) is 18.2 Å². The molecule has 0 saturated carbocycles. The third-order valence-corrected chi connectivity index (χ3v) is 3.47. The zero-order valence-corrected chi connectivity index (χ0v) is 12.0. The van der Waals surface area contributed by atoms with Crippen molar-refractivity contribution in [1.29, 1.82) is 0 Å². The molecule has 116 valence electrons. The van der Waals surface area contributed by atoms with Crippen LogP contribution in [0, 0.1) is 0 Å². The van der Waals surface area contributed by atoms with E-state index in [1.807, 2.05) is 4.90 Å². The van der Waals surface area contributed by atoms with Crippen LogP contribution in [-0.4, -0.2) is 56.1 Å². The van der Waals surface area contributed by atoms with E-state index in [0.717, 1.165) is 12.1 Å². The predicted octanol–water partition coefficient (Wildman–Crippen LogP) is 2.51. The van der Waals surface area contributed by atoms with Gasteiger partial charge in [0.1, 0.15) is 0 Å². The van der Waals surface area contributed by atoms with Crippen LogP contribution in [0.15, 0.2) is 24.3 Å². The fourth-order valence-electron chi connectivity index (χ4n) is 2.32. The third-order valence-electron chi connectivity index (χ3n) is 3.47. The molecule has 7 heteroatoms. The average molecular weight is 301 g/mol. The van der Waals surface area contributed by atoms with Crippen LogP contribution in [0.1, 0.15) is 5.56 Å². The van der Waals surface area contributed by atoms with E-state index in [0.29, 0.717) is 31.9 Å². The average Bonchev–Trinajstić information content (AvgIpc) is 2.46. The molecule has 4 nitrogen and oxygen atoms in total.